The molecular weight excluding hydrogens is 290 g/mol. The van der Waals surface area contributed by atoms with E-state index in [2.05, 4.69) is 5.10 Å². The fourth-order valence-corrected chi connectivity index (χ4v) is 3.87. The number of nitrogens with zero attached hydrogens (tertiary/aromatic N) is 3. The third-order valence-corrected chi connectivity index (χ3v) is 4.91. The molecule has 0 unspecified atom stereocenters. The molecule has 0 aromatic carbocycles. The Morgan fingerprint density at radius 1 is 1.26 bits per heavy atom. The van der Waals surface area contributed by atoms with Gasteiger partial charge in [0.15, 0.2) is 0 Å². The molecule has 1 fully saturated rings. The molecule has 23 heavy (non-hydrogen) atoms. The van der Waals surface area contributed by atoms with Gasteiger partial charge in [0.25, 0.3) is 0 Å². The van der Waals surface area contributed by atoms with Crippen LogP contribution in [0.1, 0.15) is 69.8 Å². The highest BCUT2D eigenvalue weighted by molar-refractivity contribution is 5.68. The molecule has 0 saturated heterocycles. The Bertz CT molecular complexity index is 580. The molecule has 0 N–H and O–H groups in total. The van der Waals surface area contributed by atoms with Crippen LogP contribution in [-0.2, 0) is 31.2 Å². The summed E-state index contributed by atoms with van der Waals surface area (Å²) in [5.41, 5.74) is 3.31. The van der Waals surface area contributed by atoms with E-state index in [1.165, 1.54) is 30.5 Å². The first kappa shape index (κ1) is 16.3. The molecule has 0 spiro atoms. The second kappa shape index (κ2) is 6.17. The number of aromatic nitrogens is 2. The number of hydrogen-bond donors (Lipinski definition) is 0. The summed E-state index contributed by atoms with van der Waals surface area (Å²) in [7, 11) is 2.01. The van der Waals surface area contributed by atoms with Crippen LogP contribution in [0, 0.1) is 0 Å². The number of hydrogen-bond acceptors (Lipinski definition) is 3. The highest BCUT2D eigenvalue weighted by Gasteiger charge is 2.32. The Kier molecular flexibility index (Phi) is 4.39. The van der Waals surface area contributed by atoms with Gasteiger partial charge in [0.2, 0.25) is 0 Å². The average Bonchev–Trinajstić information content (AvgIpc) is 3.13. The lowest BCUT2D eigenvalue weighted by atomic mass is 10.1. The Balaban J connectivity index is 1.81. The molecule has 128 valence electrons. The molecule has 0 atom stereocenters. The molecular formula is C18H29N3O2. The maximum Gasteiger partial charge on any atom is 0.410 e. The van der Waals surface area contributed by atoms with Crippen molar-refractivity contribution in [2.45, 2.75) is 83.9 Å². The predicted octanol–water partition coefficient (Wildman–Crippen LogP) is 3.59. The number of aryl methyl sites for hydroxylation is 1. The smallest absolute Gasteiger partial charge is 0.410 e. The van der Waals surface area contributed by atoms with Gasteiger partial charge in [0, 0.05) is 18.8 Å². The van der Waals surface area contributed by atoms with E-state index in [-0.39, 0.29) is 6.09 Å². The maximum atomic E-state index is 12.7. The molecule has 5 heteroatoms. The van der Waals surface area contributed by atoms with Crippen molar-refractivity contribution in [3.63, 3.8) is 0 Å². The minimum Gasteiger partial charge on any atom is -0.444 e. The molecule has 1 aromatic rings. The molecule has 0 radical (unpaired) electrons. The van der Waals surface area contributed by atoms with Crippen molar-refractivity contribution >= 4 is 6.09 Å². The minimum absolute atomic E-state index is 0.193. The van der Waals surface area contributed by atoms with Gasteiger partial charge in [-0.1, -0.05) is 12.8 Å². The van der Waals surface area contributed by atoms with Crippen LogP contribution >= 0.6 is 0 Å². The van der Waals surface area contributed by atoms with Crippen LogP contribution in [0.2, 0.25) is 0 Å². The summed E-state index contributed by atoms with van der Waals surface area (Å²) in [4.78, 5) is 14.7. The quantitative estimate of drug-likeness (QED) is 0.855. The van der Waals surface area contributed by atoms with Gasteiger partial charge in [-0.25, -0.2) is 4.79 Å². The molecule has 2 aliphatic carbocycles. The van der Waals surface area contributed by atoms with Gasteiger partial charge in [-0.3, -0.25) is 9.58 Å². The lowest BCUT2D eigenvalue weighted by Gasteiger charge is -2.31. The third-order valence-electron chi connectivity index (χ3n) is 4.91. The topological polar surface area (TPSA) is 47.4 Å². The van der Waals surface area contributed by atoms with E-state index < -0.39 is 5.60 Å². The van der Waals surface area contributed by atoms with E-state index in [1.807, 2.05) is 37.4 Å². The van der Waals surface area contributed by atoms with Gasteiger partial charge in [0.05, 0.1) is 12.2 Å². The number of rotatable bonds is 3. The average molecular weight is 319 g/mol. The van der Waals surface area contributed by atoms with Crippen LogP contribution in [0.4, 0.5) is 4.79 Å². The Morgan fingerprint density at radius 2 is 1.96 bits per heavy atom. The second-order valence-electron chi connectivity index (χ2n) is 7.90. The van der Waals surface area contributed by atoms with Crippen LogP contribution in [0.3, 0.4) is 0 Å². The zero-order chi connectivity index (χ0) is 16.6. The highest BCUT2D eigenvalue weighted by Crippen LogP contribution is 2.30. The van der Waals surface area contributed by atoms with Crippen LogP contribution in [-0.4, -0.2) is 32.4 Å². The summed E-state index contributed by atoms with van der Waals surface area (Å²) < 4.78 is 7.66. The molecule has 0 aliphatic heterocycles. The van der Waals surface area contributed by atoms with Crippen LogP contribution in [0.5, 0.6) is 0 Å². The van der Waals surface area contributed by atoms with E-state index in [0.717, 1.165) is 31.4 Å². The Morgan fingerprint density at radius 3 is 2.61 bits per heavy atom. The fourth-order valence-electron chi connectivity index (χ4n) is 3.87. The van der Waals surface area contributed by atoms with Gasteiger partial charge in [-0.2, -0.15) is 5.10 Å². The lowest BCUT2D eigenvalue weighted by molar-refractivity contribution is 0.0141. The van der Waals surface area contributed by atoms with Crippen molar-refractivity contribution in [2.24, 2.45) is 7.05 Å². The van der Waals surface area contributed by atoms with Crippen LogP contribution < -0.4 is 0 Å². The molecule has 1 aromatic heterocycles. The second-order valence-corrected chi connectivity index (χ2v) is 7.90. The van der Waals surface area contributed by atoms with E-state index in [4.69, 9.17) is 4.74 Å². The van der Waals surface area contributed by atoms with Crippen LogP contribution in [0.15, 0.2) is 0 Å². The van der Waals surface area contributed by atoms with Crippen molar-refractivity contribution in [3.8, 4) is 0 Å². The highest BCUT2D eigenvalue weighted by atomic mass is 16.6. The summed E-state index contributed by atoms with van der Waals surface area (Å²) in [6.45, 7) is 6.37. The monoisotopic (exact) mass is 319 g/mol. The molecule has 1 amide bonds. The zero-order valence-corrected chi connectivity index (χ0v) is 14.9. The fraction of sp³-hybridized carbons (Fsp3) is 0.778. The number of amides is 1. The van der Waals surface area contributed by atoms with Crippen LogP contribution in [0.25, 0.3) is 0 Å². The van der Waals surface area contributed by atoms with E-state index in [1.54, 1.807) is 0 Å². The predicted molar refractivity (Wildman–Crippen MR) is 89.3 cm³/mol. The Hall–Kier alpha value is -1.52. The van der Waals surface area contributed by atoms with E-state index in [0.29, 0.717) is 12.6 Å². The summed E-state index contributed by atoms with van der Waals surface area (Å²) in [5.74, 6) is 0. The summed E-state index contributed by atoms with van der Waals surface area (Å²) in [6.07, 6.45) is 7.75. The van der Waals surface area contributed by atoms with Crippen molar-refractivity contribution in [1.82, 2.24) is 14.7 Å². The molecule has 2 aliphatic rings. The van der Waals surface area contributed by atoms with Crippen molar-refractivity contribution in [2.75, 3.05) is 0 Å². The number of carbonyl (C=O) groups excluding carboxylic acids is 1. The zero-order valence-electron chi connectivity index (χ0n) is 14.9. The van der Waals surface area contributed by atoms with E-state index >= 15 is 0 Å². The first-order chi connectivity index (χ1) is 10.8. The van der Waals surface area contributed by atoms with Crippen molar-refractivity contribution in [3.05, 3.63) is 17.0 Å². The van der Waals surface area contributed by atoms with Gasteiger partial charge in [-0.05, 0) is 58.4 Å². The maximum absolute atomic E-state index is 12.7. The van der Waals surface area contributed by atoms with Gasteiger partial charge in [0.1, 0.15) is 5.60 Å². The van der Waals surface area contributed by atoms with Gasteiger partial charge >= 0.3 is 6.09 Å². The third kappa shape index (κ3) is 3.54. The van der Waals surface area contributed by atoms with Crippen molar-refractivity contribution < 1.29 is 9.53 Å². The van der Waals surface area contributed by atoms with Gasteiger partial charge in [-0.15, -0.1) is 0 Å². The standard InChI is InChI=1S/C18H29N3O2/c1-18(2,3)23-17(22)21(13-8-5-6-9-13)12-15-14-10-7-11-16(14)20(4)19-15/h13H,5-12H2,1-4H3. The molecule has 3 rings (SSSR count). The number of fused-ring (bicyclic) bond motifs is 1. The largest absolute Gasteiger partial charge is 0.444 e. The first-order valence-corrected chi connectivity index (χ1v) is 8.88. The molecule has 1 heterocycles. The van der Waals surface area contributed by atoms with E-state index in [9.17, 15) is 4.79 Å². The summed E-state index contributed by atoms with van der Waals surface area (Å²) in [5, 5.41) is 4.69. The molecule has 0 bridgehead atoms. The molecule has 5 nitrogen and oxygen atoms in total. The number of carbonyl (C=O) groups is 1. The van der Waals surface area contributed by atoms with Crippen molar-refractivity contribution in [1.29, 1.82) is 0 Å². The minimum atomic E-state index is -0.458. The molecule has 1 saturated carbocycles. The van der Waals surface area contributed by atoms with Gasteiger partial charge < -0.3 is 4.74 Å². The lowest BCUT2D eigenvalue weighted by Crippen LogP contribution is -2.42. The SMILES string of the molecule is Cn1nc(CN(C(=O)OC(C)(C)C)C2CCCC2)c2c1CCC2. The first-order valence-electron chi connectivity index (χ1n) is 8.88. The Labute approximate surface area is 139 Å². The number of ether oxygens (including phenoxy) is 1. The summed E-state index contributed by atoms with van der Waals surface area (Å²) >= 11 is 0. The normalized spacial score (nSPS) is 18.3. The summed E-state index contributed by atoms with van der Waals surface area (Å²) in [6, 6.07) is 0.295.